The van der Waals surface area contributed by atoms with Gasteiger partial charge in [0.2, 0.25) is 0 Å². The fraction of sp³-hybridized carbons (Fsp3) is 0.450. The summed E-state index contributed by atoms with van der Waals surface area (Å²) in [6, 6.07) is 21.0. The SMILES string of the molecule is COc1ccc(C2C=NN=N2)cc1C(=O)N1CCC(CCN2CCC(NC(=O)N3CCN(CC(=O)O)CC3)(c3ccccc3)CC2)(c2ccc(Cl)c(Cl)c2)C1. The molecule has 3 aromatic rings. The van der Waals surface area contributed by atoms with E-state index in [4.69, 9.17) is 27.9 Å². The molecule has 0 saturated carbocycles. The van der Waals surface area contributed by atoms with Crippen molar-refractivity contribution in [2.24, 2.45) is 15.4 Å². The number of carboxylic acid groups (broad SMARTS) is 1. The van der Waals surface area contributed by atoms with Crippen LogP contribution in [0.25, 0.3) is 0 Å². The number of piperazine rings is 1. The quantitative estimate of drug-likeness (QED) is 0.240. The van der Waals surface area contributed by atoms with Crippen LogP contribution in [-0.4, -0.2) is 121 Å². The molecule has 290 valence electrons. The van der Waals surface area contributed by atoms with Crippen molar-refractivity contribution in [3.8, 4) is 5.75 Å². The predicted octanol–water partition coefficient (Wildman–Crippen LogP) is 6.07. The Morgan fingerprint density at radius 1 is 0.855 bits per heavy atom. The van der Waals surface area contributed by atoms with E-state index in [-0.39, 0.29) is 29.9 Å². The van der Waals surface area contributed by atoms with Crippen molar-refractivity contribution in [2.45, 2.75) is 42.7 Å². The van der Waals surface area contributed by atoms with Gasteiger partial charge in [-0.3, -0.25) is 14.5 Å². The average molecular weight is 790 g/mol. The van der Waals surface area contributed by atoms with Crippen LogP contribution in [0.4, 0.5) is 4.79 Å². The molecule has 0 aliphatic carbocycles. The van der Waals surface area contributed by atoms with E-state index in [1.54, 1.807) is 24.3 Å². The summed E-state index contributed by atoms with van der Waals surface area (Å²) in [4.78, 5) is 47.2. The van der Waals surface area contributed by atoms with Gasteiger partial charge < -0.3 is 29.9 Å². The minimum atomic E-state index is -0.861. The lowest BCUT2D eigenvalue weighted by molar-refractivity contribution is -0.138. The normalized spacial score (nSPS) is 22.6. The monoisotopic (exact) mass is 788 g/mol. The van der Waals surface area contributed by atoms with Crippen LogP contribution in [0, 0.1) is 0 Å². The molecule has 15 heteroatoms. The highest BCUT2D eigenvalue weighted by atomic mass is 35.5. The first-order chi connectivity index (χ1) is 26.6. The number of nitrogens with zero attached hydrogens (tertiary/aromatic N) is 7. The van der Waals surface area contributed by atoms with Crippen LogP contribution < -0.4 is 10.1 Å². The summed E-state index contributed by atoms with van der Waals surface area (Å²) < 4.78 is 5.64. The van der Waals surface area contributed by atoms with E-state index in [0.717, 1.165) is 62.0 Å². The minimum Gasteiger partial charge on any atom is -0.496 e. The number of aliphatic carboxylic acids is 1. The number of urea groups is 1. The first-order valence-electron chi connectivity index (χ1n) is 18.7. The van der Waals surface area contributed by atoms with Gasteiger partial charge in [-0.1, -0.05) is 65.7 Å². The second-order valence-corrected chi connectivity index (χ2v) is 15.7. The van der Waals surface area contributed by atoms with Crippen molar-refractivity contribution < 1.29 is 24.2 Å². The summed E-state index contributed by atoms with van der Waals surface area (Å²) >= 11 is 13.0. The smallest absolute Gasteiger partial charge is 0.318 e. The number of carbonyl (C=O) groups excluding carboxylic acids is 2. The summed E-state index contributed by atoms with van der Waals surface area (Å²) in [7, 11) is 1.56. The van der Waals surface area contributed by atoms with Crippen LogP contribution in [0.2, 0.25) is 10.0 Å². The Hall–Kier alpha value is -4.56. The van der Waals surface area contributed by atoms with E-state index in [0.29, 0.717) is 60.6 Å². The number of hydrogen-bond donors (Lipinski definition) is 2. The van der Waals surface area contributed by atoms with Crippen LogP contribution in [0.3, 0.4) is 0 Å². The number of amides is 3. The number of ether oxygens (including phenoxy) is 1. The van der Waals surface area contributed by atoms with Crippen molar-refractivity contribution in [3.05, 3.63) is 99.0 Å². The molecule has 2 unspecified atom stereocenters. The first kappa shape index (κ1) is 38.7. The Labute approximate surface area is 330 Å². The molecule has 3 amide bonds. The summed E-state index contributed by atoms with van der Waals surface area (Å²) in [5.74, 6) is -0.479. The fourth-order valence-electron chi connectivity index (χ4n) is 8.42. The Morgan fingerprint density at radius 2 is 1.62 bits per heavy atom. The molecule has 4 aliphatic rings. The molecule has 3 aromatic carbocycles. The third-order valence-corrected chi connectivity index (χ3v) is 12.5. The summed E-state index contributed by atoms with van der Waals surface area (Å²) in [6.07, 6.45) is 4.64. The zero-order valence-corrected chi connectivity index (χ0v) is 32.4. The van der Waals surface area contributed by atoms with Gasteiger partial charge in [0, 0.05) is 57.8 Å². The van der Waals surface area contributed by atoms with Crippen LogP contribution in [0.15, 0.2) is 82.2 Å². The predicted molar refractivity (Wildman–Crippen MR) is 210 cm³/mol. The molecule has 3 saturated heterocycles. The minimum absolute atomic E-state index is 0.0208. The maximum absolute atomic E-state index is 14.2. The van der Waals surface area contributed by atoms with Gasteiger partial charge in [0.05, 0.1) is 41.0 Å². The van der Waals surface area contributed by atoms with Crippen LogP contribution >= 0.6 is 23.2 Å². The molecule has 55 heavy (non-hydrogen) atoms. The van der Waals surface area contributed by atoms with E-state index in [9.17, 15) is 19.5 Å². The van der Waals surface area contributed by atoms with Gasteiger partial charge in [-0.25, -0.2) is 4.79 Å². The van der Waals surface area contributed by atoms with E-state index < -0.39 is 11.5 Å². The maximum Gasteiger partial charge on any atom is 0.318 e. The topological polar surface area (TPSA) is 143 Å². The van der Waals surface area contributed by atoms with Gasteiger partial charge in [-0.15, -0.1) is 5.10 Å². The standard InChI is InChI=1S/C40H46Cl2N8O5/c1-55-35-10-7-28(34-25-43-46-45-34)23-31(35)37(53)50-18-12-39(27-50,30-8-9-32(41)33(42)24-30)11-15-47-16-13-40(14-17-47,29-5-3-2-4-6-29)44-38(54)49-21-19-48(20-22-49)26-36(51)52/h2-10,23-25,34H,11-22,26-27H2,1H3,(H,44,54)(H,51,52). The molecule has 2 atom stereocenters. The van der Waals surface area contributed by atoms with E-state index >= 15 is 0 Å². The number of carbonyl (C=O) groups is 3. The number of methoxy groups -OCH3 is 1. The van der Waals surface area contributed by atoms with Gasteiger partial charge in [-0.2, -0.15) is 5.11 Å². The molecule has 4 aliphatic heterocycles. The zero-order valence-electron chi connectivity index (χ0n) is 30.9. The molecule has 3 fully saturated rings. The van der Waals surface area contributed by atoms with Gasteiger partial charge >= 0.3 is 12.0 Å². The average Bonchev–Trinajstić information content (AvgIpc) is 3.91. The number of hydrogen-bond acceptors (Lipinski definition) is 9. The maximum atomic E-state index is 14.2. The van der Waals surface area contributed by atoms with Crippen LogP contribution in [0.5, 0.6) is 5.75 Å². The van der Waals surface area contributed by atoms with Gasteiger partial charge in [0.15, 0.2) is 0 Å². The molecule has 13 nitrogen and oxygen atoms in total. The lowest BCUT2D eigenvalue weighted by Crippen LogP contribution is -2.59. The molecular formula is C40H46Cl2N8O5. The summed E-state index contributed by atoms with van der Waals surface area (Å²) in [5, 5.41) is 25.3. The van der Waals surface area contributed by atoms with E-state index in [1.807, 2.05) is 58.3 Å². The Kier molecular flexibility index (Phi) is 11.7. The summed E-state index contributed by atoms with van der Waals surface area (Å²) in [6.45, 7) is 5.38. The molecule has 2 N–H and O–H groups in total. The molecule has 0 spiro atoms. The Morgan fingerprint density at radius 3 is 2.29 bits per heavy atom. The molecular weight excluding hydrogens is 743 g/mol. The highest BCUT2D eigenvalue weighted by Crippen LogP contribution is 2.42. The number of benzene rings is 3. The highest BCUT2D eigenvalue weighted by Gasteiger charge is 2.44. The molecule has 0 radical (unpaired) electrons. The number of likely N-dealkylation sites (tertiary alicyclic amines) is 2. The number of halogens is 2. The largest absolute Gasteiger partial charge is 0.496 e. The van der Waals surface area contributed by atoms with Crippen molar-refractivity contribution in [1.82, 2.24) is 24.9 Å². The zero-order chi connectivity index (χ0) is 38.6. The lowest BCUT2D eigenvalue weighted by Gasteiger charge is -2.45. The van der Waals surface area contributed by atoms with Gasteiger partial charge in [0.25, 0.3) is 5.91 Å². The molecule has 0 aromatic heterocycles. The fourth-order valence-corrected chi connectivity index (χ4v) is 8.72. The summed E-state index contributed by atoms with van der Waals surface area (Å²) in [5.41, 5.74) is 2.50. The highest BCUT2D eigenvalue weighted by molar-refractivity contribution is 6.42. The van der Waals surface area contributed by atoms with Crippen molar-refractivity contribution in [2.75, 3.05) is 72.6 Å². The molecule has 0 bridgehead atoms. The Balaban J connectivity index is 1.06. The molecule has 7 rings (SSSR count). The Bertz CT molecular complexity index is 1940. The van der Waals surface area contributed by atoms with E-state index in [1.165, 1.54) is 0 Å². The number of piperidine rings is 1. The second kappa shape index (κ2) is 16.7. The number of rotatable bonds is 11. The van der Waals surface area contributed by atoms with Crippen LogP contribution in [-0.2, 0) is 15.7 Å². The van der Waals surface area contributed by atoms with Gasteiger partial charge in [0.1, 0.15) is 11.8 Å². The van der Waals surface area contributed by atoms with Crippen molar-refractivity contribution in [3.63, 3.8) is 0 Å². The first-order valence-corrected chi connectivity index (χ1v) is 19.5. The van der Waals surface area contributed by atoms with Gasteiger partial charge in [-0.05, 0) is 78.4 Å². The third-order valence-electron chi connectivity index (χ3n) is 11.7. The van der Waals surface area contributed by atoms with Crippen molar-refractivity contribution >= 4 is 47.3 Å². The third kappa shape index (κ3) is 8.50. The lowest BCUT2D eigenvalue weighted by atomic mass is 9.76. The van der Waals surface area contributed by atoms with Crippen LogP contribution in [0.1, 0.15) is 58.8 Å². The molecule has 4 heterocycles. The number of carboxylic acids is 1. The van der Waals surface area contributed by atoms with Crippen molar-refractivity contribution in [1.29, 1.82) is 0 Å². The number of nitrogens with one attached hydrogen (secondary N) is 1. The van der Waals surface area contributed by atoms with E-state index in [2.05, 4.69) is 37.8 Å². The second-order valence-electron chi connectivity index (χ2n) is 14.9.